The van der Waals surface area contributed by atoms with Crippen LogP contribution in [0.15, 0.2) is 45.9 Å². The summed E-state index contributed by atoms with van der Waals surface area (Å²) in [5.41, 5.74) is -0.606. The molecular weight excluding hydrogens is 387 g/mol. The molecular formula is C16H11BrF3N3O. The highest BCUT2D eigenvalue weighted by Gasteiger charge is 2.22. The van der Waals surface area contributed by atoms with E-state index in [2.05, 4.69) is 21.0 Å². The van der Waals surface area contributed by atoms with E-state index in [1.807, 2.05) is 0 Å². The fourth-order valence-corrected chi connectivity index (χ4v) is 2.82. The van der Waals surface area contributed by atoms with Gasteiger partial charge in [-0.1, -0.05) is 0 Å². The van der Waals surface area contributed by atoms with Gasteiger partial charge in [0.15, 0.2) is 0 Å². The smallest absolute Gasteiger partial charge is 0.251 e. The Kier molecular flexibility index (Phi) is 4.31. The zero-order valence-electron chi connectivity index (χ0n) is 12.4. The van der Waals surface area contributed by atoms with E-state index in [0.29, 0.717) is 22.3 Å². The molecule has 2 aromatic heterocycles. The largest absolute Gasteiger partial charge is 0.306 e. The fourth-order valence-electron chi connectivity index (χ4n) is 2.53. The number of pyridine rings is 1. The van der Waals surface area contributed by atoms with E-state index < -0.39 is 28.6 Å². The van der Waals surface area contributed by atoms with Crippen molar-refractivity contribution in [1.82, 2.24) is 14.3 Å². The summed E-state index contributed by atoms with van der Waals surface area (Å²) in [5.74, 6) is -3.21. The lowest BCUT2D eigenvalue weighted by molar-refractivity contribution is 0.544. The van der Waals surface area contributed by atoms with Crippen molar-refractivity contribution in [2.75, 3.05) is 0 Å². The summed E-state index contributed by atoms with van der Waals surface area (Å²) < 4.78 is 45.1. The molecule has 124 valence electrons. The van der Waals surface area contributed by atoms with Crippen LogP contribution < -0.4 is 5.56 Å². The maximum atomic E-state index is 14.3. The van der Waals surface area contributed by atoms with Crippen LogP contribution in [0.2, 0.25) is 0 Å². The highest BCUT2D eigenvalue weighted by molar-refractivity contribution is 9.10. The summed E-state index contributed by atoms with van der Waals surface area (Å²) in [6.07, 6.45) is 3.09. The molecule has 0 saturated carbocycles. The van der Waals surface area contributed by atoms with E-state index in [0.717, 1.165) is 0 Å². The van der Waals surface area contributed by atoms with Gasteiger partial charge in [-0.3, -0.25) is 4.79 Å². The molecule has 3 rings (SSSR count). The van der Waals surface area contributed by atoms with Gasteiger partial charge in [-0.05, 0) is 28.9 Å². The molecule has 0 atom stereocenters. The van der Waals surface area contributed by atoms with Gasteiger partial charge in [0.2, 0.25) is 0 Å². The van der Waals surface area contributed by atoms with Gasteiger partial charge in [-0.25, -0.2) is 17.9 Å². The maximum absolute atomic E-state index is 14.3. The Bertz CT molecular complexity index is 958. The van der Waals surface area contributed by atoms with Crippen molar-refractivity contribution in [2.45, 2.75) is 13.5 Å². The first-order valence-electron chi connectivity index (χ1n) is 7.01. The lowest BCUT2D eigenvalue weighted by Crippen LogP contribution is -2.22. The molecule has 3 aromatic rings. The van der Waals surface area contributed by atoms with E-state index in [1.54, 1.807) is 13.1 Å². The highest BCUT2D eigenvalue weighted by Crippen LogP contribution is 2.31. The Balaban J connectivity index is 2.42. The first kappa shape index (κ1) is 16.5. The van der Waals surface area contributed by atoms with Gasteiger partial charge in [0.05, 0.1) is 27.6 Å². The van der Waals surface area contributed by atoms with E-state index in [1.165, 1.54) is 27.6 Å². The lowest BCUT2D eigenvalue weighted by atomic mass is 10.1. The molecule has 1 aromatic carbocycles. The van der Waals surface area contributed by atoms with E-state index in [-0.39, 0.29) is 12.2 Å². The van der Waals surface area contributed by atoms with Crippen molar-refractivity contribution in [1.29, 1.82) is 0 Å². The molecule has 0 spiro atoms. The minimum atomic E-state index is -1.09. The Morgan fingerprint density at radius 2 is 1.83 bits per heavy atom. The predicted molar refractivity (Wildman–Crippen MR) is 86.5 cm³/mol. The van der Waals surface area contributed by atoms with Gasteiger partial charge in [-0.2, -0.15) is 5.10 Å². The summed E-state index contributed by atoms with van der Waals surface area (Å²) in [5, 5.41) is 4.09. The van der Waals surface area contributed by atoms with Crippen molar-refractivity contribution in [3.8, 4) is 16.9 Å². The van der Waals surface area contributed by atoms with Gasteiger partial charge in [-0.15, -0.1) is 0 Å². The highest BCUT2D eigenvalue weighted by atomic mass is 79.9. The summed E-state index contributed by atoms with van der Waals surface area (Å²) >= 11 is 3.25. The van der Waals surface area contributed by atoms with Crippen molar-refractivity contribution in [3.63, 3.8) is 0 Å². The minimum absolute atomic E-state index is 0.00407. The Hall–Kier alpha value is -2.35. The Labute approximate surface area is 143 Å². The average molecular weight is 398 g/mol. The third kappa shape index (κ3) is 2.77. The van der Waals surface area contributed by atoms with Crippen LogP contribution in [0.4, 0.5) is 13.2 Å². The van der Waals surface area contributed by atoms with Gasteiger partial charge in [0, 0.05) is 30.9 Å². The van der Waals surface area contributed by atoms with Crippen molar-refractivity contribution >= 4 is 15.9 Å². The lowest BCUT2D eigenvalue weighted by Gasteiger charge is -2.17. The summed E-state index contributed by atoms with van der Waals surface area (Å²) in [7, 11) is 0. The molecule has 0 saturated heterocycles. The second kappa shape index (κ2) is 6.27. The number of benzene rings is 1. The molecule has 0 radical (unpaired) electrons. The maximum Gasteiger partial charge on any atom is 0.251 e. The second-order valence-corrected chi connectivity index (χ2v) is 5.91. The number of nitrogens with zero attached hydrogens (tertiary/aromatic N) is 3. The van der Waals surface area contributed by atoms with Crippen LogP contribution >= 0.6 is 15.9 Å². The van der Waals surface area contributed by atoms with Crippen LogP contribution in [0.1, 0.15) is 6.92 Å². The molecule has 0 aliphatic carbocycles. The fraction of sp³-hybridized carbons (Fsp3) is 0.125. The molecule has 0 amide bonds. The van der Waals surface area contributed by atoms with Gasteiger partial charge < -0.3 is 4.57 Å². The Morgan fingerprint density at radius 1 is 1.17 bits per heavy atom. The molecule has 0 unspecified atom stereocenters. The van der Waals surface area contributed by atoms with Crippen LogP contribution in [0.25, 0.3) is 16.9 Å². The van der Waals surface area contributed by atoms with Gasteiger partial charge in [0.25, 0.3) is 5.56 Å². The van der Waals surface area contributed by atoms with Gasteiger partial charge in [0.1, 0.15) is 17.5 Å². The zero-order valence-corrected chi connectivity index (χ0v) is 14.0. The molecule has 2 heterocycles. The molecule has 0 aliphatic rings. The standard InChI is InChI=1S/C16H11BrF3N3O/c1-2-22-14(24)4-3-13(23-8-9(17)7-21-23)16(22)15-11(19)5-10(18)6-12(15)20/h3-8H,2H2,1H3. The van der Waals surface area contributed by atoms with Crippen LogP contribution in [0, 0.1) is 17.5 Å². The first-order valence-corrected chi connectivity index (χ1v) is 7.81. The SMILES string of the molecule is CCn1c(-c2c(F)cc(F)cc2F)c(-n2cc(Br)cn2)ccc1=O. The van der Waals surface area contributed by atoms with Crippen molar-refractivity contribution in [3.05, 3.63) is 68.9 Å². The average Bonchev–Trinajstić information content (AvgIpc) is 2.93. The number of hydrogen-bond acceptors (Lipinski definition) is 2. The molecule has 0 aliphatic heterocycles. The molecule has 24 heavy (non-hydrogen) atoms. The van der Waals surface area contributed by atoms with E-state index in [9.17, 15) is 18.0 Å². The number of rotatable bonds is 3. The normalized spacial score (nSPS) is 11.0. The summed E-state index contributed by atoms with van der Waals surface area (Å²) in [6, 6.07) is 3.88. The topological polar surface area (TPSA) is 39.8 Å². The second-order valence-electron chi connectivity index (χ2n) is 5.00. The molecule has 4 nitrogen and oxygen atoms in total. The number of hydrogen-bond donors (Lipinski definition) is 0. The van der Waals surface area contributed by atoms with Crippen LogP contribution in [0.3, 0.4) is 0 Å². The number of halogens is 4. The number of aromatic nitrogens is 3. The quantitative estimate of drug-likeness (QED) is 0.672. The van der Waals surface area contributed by atoms with Gasteiger partial charge >= 0.3 is 0 Å². The molecule has 0 fully saturated rings. The van der Waals surface area contributed by atoms with Crippen LogP contribution in [-0.4, -0.2) is 14.3 Å². The van der Waals surface area contributed by atoms with Crippen LogP contribution in [0.5, 0.6) is 0 Å². The summed E-state index contributed by atoms with van der Waals surface area (Å²) in [6.45, 7) is 1.85. The first-order chi connectivity index (χ1) is 11.4. The molecule has 0 N–H and O–H groups in total. The molecule has 8 heteroatoms. The van der Waals surface area contributed by atoms with Crippen molar-refractivity contribution in [2.24, 2.45) is 0 Å². The van der Waals surface area contributed by atoms with E-state index >= 15 is 0 Å². The van der Waals surface area contributed by atoms with Crippen molar-refractivity contribution < 1.29 is 13.2 Å². The zero-order chi connectivity index (χ0) is 17.4. The predicted octanol–water partition coefficient (Wildman–Crippen LogP) is 3.90. The third-order valence-electron chi connectivity index (χ3n) is 3.52. The van der Waals surface area contributed by atoms with Crippen LogP contribution in [-0.2, 0) is 6.54 Å². The summed E-state index contributed by atoms with van der Waals surface area (Å²) in [4.78, 5) is 12.1. The monoisotopic (exact) mass is 397 g/mol. The Morgan fingerprint density at radius 3 is 2.38 bits per heavy atom. The third-order valence-corrected chi connectivity index (χ3v) is 3.93. The molecule has 0 bridgehead atoms. The minimum Gasteiger partial charge on any atom is -0.306 e. The van der Waals surface area contributed by atoms with E-state index in [4.69, 9.17) is 0 Å².